The highest BCUT2D eigenvalue weighted by Crippen LogP contribution is 2.24. The molecule has 134 valence electrons. The van der Waals surface area contributed by atoms with E-state index in [2.05, 4.69) is 16.0 Å². The molecule has 1 atom stereocenters. The van der Waals surface area contributed by atoms with E-state index in [9.17, 15) is 9.59 Å². The van der Waals surface area contributed by atoms with Crippen LogP contribution in [-0.2, 0) is 4.79 Å². The van der Waals surface area contributed by atoms with E-state index < -0.39 is 6.04 Å². The highest BCUT2D eigenvalue weighted by molar-refractivity contribution is 5.88. The summed E-state index contributed by atoms with van der Waals surface area (Å²) in [5, 5.41) is 10.2. The Labute approximate surface area is 147 Å². The summed E-state index contributed by atoms with van der Waals surface area (Å²) in [6.45, 7) is 4.92. The van der Waals surface area contributed by atoms with Crippen molar-refractivity contribution in [3.05, 3.63) is 42.5 Å². The van der Waals surface area contributed by atoms with Crippen LogP contribution in [0.15, 0.2) is 42.5 Å². The second-order valence-corrected chi connectivity index (χ2v) is 5.74. The molecule has 0 fully saturated rings. The van der Waals surface area contributed by atoms with Crippen molar-refractivity contribution < 1.29 is 14.3 Å². The van der Waals surface area contributed by atoms with Crippen molar-refractivity contribution in [3.63, 3.8) is 0 Å². The van der Waals surface area contributed by atoms with Gasteiger partial charge in [-0.15, -0.1) is 0 Å². The summed E-state index contributed by atoms with van der Waals surface area (Å²) in [6.07, 6.45) is 0.857. The first kappa shape index (κ1) is 18.6. The lowest BCUT2D eigenvalue weighted by Crippen LogP contribution is -2.49. The zero-order valence-electron chi connectivity index (χ0n) is 14.7. The van der Waals surface area contributed by atoms with Crippen molar-refractivity contribution in [2.75, 3.05) is 19.7 Å². The number of fused-ring (bicyclic) bond motifs is 1. The molecule has 0 bridgehead atoms. The number of carbonyl (C=O) groups is 2. The maximum Gasteiger partial charge on any atom is 0.315 e. The molecule has 2 aromatic rings. The van der Waals surface area contributed by atoms with E-state index in [0.29, 0.717) is 19.7 Å². The fraction of sp³-hybridized carbons (Fsp3) is 0.368. The van der Waals surface area contributed by atoms with E-state index in [1.807, 2.05) is 49.4 Å². The monoisotopic (exact) mass is 343 g/mol. The maximum atomic E-state index is 11.8. The third-order valence-electron chi connectivity index (χ3n) is 3.68. The zero-order chi connectivity index (χ0) is 18.1. The minimum Gasteiger partial charge on any atom is -0.491 e. The van der Waals surface area contributed by atoms with E-state index in [1.54, 1.807) is 6.92 Å². The Kier molecular flexibility index (Phi) is 7.07. The molecule has 0 aliphatic heterocycles. The topological polar surface area (TPSA) is 79.5 Å². The maximum absolute atomic E-state index is 11.8. The SMILES string of the molecule is CCCNC(=O)C(C)NC(=O)NCCOc1cccc2ccccc12. The summed E-state index contributed by atoms with van der Waals surface area (Å²) in [5.41, 5.74) is 0. The van der Waals surface area contributed by atoms with Gasteiger partial charge in [-0.2, -0.15) is 0 Å². The van der Waals surface area contributed by atoms with E-state index >= 15 is 0 Å². The summed E-state index contributed by atoms with van der Waals surface area (Å²) in [4.78, 5) is 23.5. The van der Waals surface area contributed by atoms with Gasteiger partial charge in [-0.25, -0.2) is 4.79 Å². The van der Waals surface area contributed by atoms with E-state index in [0.717, 1.165) is 22.9 Å². The highest BCUT2D eigenvalue weighted by Gasteiger charge is 2.14. The molecule has 0 aliphatic rings. The Bertz CT molecular complexity index is 713. The van der Waals surface area contributed by atoms with Crippen molar-refractivity contribution >= 4 is 22.7 Å². The average Bonchev–Trinajstić information content (AvgIpc) is 2.63. The largest absolute Gasteiger partial charge is 0.491 e. The minimum absolute atomic E-state index is 0.191. The smallest absolute Gasteiger partial charge is 0.315 e. The molecule has 0 spiro atoms. The van der Waals surface area contributed by atoms with Crippen molar-refractivity contribution in [1.82, 2.24) is 16.0 Å². The normalized spacial score (nSPS) is 11.6. The summed E-state index contributed by atoms with van der Waals surface area (Å²) >= 11 is 0. The lowest BCUT2D eigenvalue weighted by Gasteiger charge is -2.15. The van der Waals surface area contributed by atoms with Gasteiger partial charge in [0.1, 0.15) is 18.4 Å². The molecular weight excluding hydrogens is 318 g/mol. The molecule has 0 saturated heterocycles. The van der Waals surface area contributed by atoms with Gasteiger partial charge in [-0.05, 0) is 24.8 Å². The molecule has 0 aromatic heterocycles. The van der Waals surface area contributed by atoms with Crippen LogP contribution in [0.3, 0.4) is 0 Å². The lowest BCUT2D eigenvalue weighted by molar-refractivity contribution is -0.122. The number of ether oxygens (including phenoxy) is 1. The molecule has 25 heavy (non-hydrogen) atoms. The Balaban J connectivity index is 1.73. The van der Waals surface area contributed by atoms with Crippen molar-refractivity contribution in [3.8, 4) is 5.75 Å². The quantitative estimate of drug-likeness (QED) is 0.644. The number of hydrogen-bond donors (Lipinski definition) is 3. The van der Waals surface area contributed by atoms with E-state index in [1.165, 1.54) is 0 Å². The average molecular weight is 343 g/mol. The Morgan fingerprint density at radius 2 is 1.80 bits per heavy atom. The first-order valence-electron chi connectivity index (χ1n) is 8.54. The lowest BCUT2D eigenvalue weighted by atomic mass is 10.1. The second kappa shape index (κ2) is 9.52. The van der Waals surface area contributed by atoms with Gasteiger partial charge >= 0.3 is 6.03 Å². The Morgan fingerprint density at radius 3 is 2.60 bits per heavy atom. The number of amides is 3. The summed E-state index contributed by atoms with van der Waals surface area (Å²) in [6, 6.07) is 12.9. The van der Waals surface area contributed by atoms with Crippen LogP contribution in [0.5, 0.6) is 5.75 Å². The van der Waals surface area contributed by atoms with Gasteiger partial charge in [0, 0.05) is 11.9 Å². The van der Waals surface area contributed by atoms with Crippen LogP contribution in [0, 0.1) is 0 Å². The van der Waals surface area contributed by atoms with Crippen molar-refractivity contribution in [2.45, 2.75) is 26.3 Å². The number of rotatable bonds is 8. The summed E-state index contributed by atoms with van der Waals surface area (Å²) < 4.78 is 5.75. The molecule has 2 rings (SSSR count). The molecule has 2 aromatic carbocycles. The van der Waals surface area contributed by atoms with Gasteiger partial charge in [0.2, 0.25) is 5.91 Å². The summed E-state index contributed by atoms with van der Waals surface area (Å²) in [7, 11) is 0. The van der Waals surface area contributed by atoms with Gasteiger partial charge in [0.15, 0.2) is 0 Å². The zero-order valence-corrected chi connectivity index (χ0v) is 14.7. The van der Waals surface area contributed by atoms with Crippen LogP contribution in [0.2, 0.25) is 0 Å². The number of urea groups is 1. The first-order chi connectivity index (χ1) is 12.1. The standard InChI is InChI=1S/C19H25N3O3/c1-3-11-20-18(23)14(2)22-19(24)21-12-13-25-17-10-6-8-15-7-4-5-9-16(15)17/h4-10,14H,3,11-13H2,1-2H3,(H,20,23)(H2,21,22,24). The van der Waals surface area contributed by atoms with Gasteiger partial charge in [-0.1, -0.05) is 43.3 Å². The minimum atomic E-state index is -0.578. The third kappa shape index (κ3) is 5.67. The molecule has 6 heteroatoms. The van der Waals surface area contributed by atoms with Gasteiger partial charge in [0.25, 0.3) is 0 Å². The van der Waals surface area contributed by atoms with Crippen molar-refractivity contribution in [1.29, 1.82) is 0 Å². The van der Waals surface area contributed by atoms with Gasteiger partial charge in [-0.3, -0.25) is 4.79 Å². The second-order valence-electron chi connectivity index (χ2n) is 5.74. The molecule has 3 amide bonds. The molecular formula is C19H25N3O3. The Hall–Kier alpha value is -2.76. The molecule has 6 nitrogen and oxygen atoms in total. The third-order valence-corrected chi connectivity index (χ3v) is 3.68. The predicted octanol–water partition coefficient (Wildman–Crippen LogP) is 2.43. The predicted molar refractivity (Wildman–Crippen MR) is 98.7 cm³/mol. The molecule has 0 saturated carbocycles. The van der Waals surface area contributed by atoms with Crippen LogP contribution >= 0.6 is 0 Å². The van der Waals surface area contributed by atoms with Gasteiger partial charge in [0.05, 0.1) is 6.54 Å². The van der Waals surface area contributed by atoms with Crippen molar-refractivity contribution in [2.24, 2.45) is 0 Å². The van der Waals surface area contributed by atoms with Crippen LogP contribution in [0.1, 0.15) is 20.3 Å². The van der Waals surface area contributed by atoms with E-state index in [4.69, 9.17) is 4.74 Å². The van der Waals surface area contributed by atoms with Crippen LogP contribution in [0.4, 0.5) is 4.79 Å². The molecule has 1 unspecified atom stereocenters. The fourth-order valence-corrected chi connectivity index (χ4v) is 2.36. The van der Waals surface area contributed by atoms with Crippen LogP contribution < -0.4 is 20.7 Å². The highest BCUT2D eigenvalue weighted by atomic mass is 16.5. The first-order valence-corrected chi connectivity index (χ1v) is 8.54. The van der Waals surface area contributed by atoms with E-state index in [-0.39, 0.29) is 11.9 Å². The van der Waals surface area contributed by atoms with Crippen LogP contribution in [0.25, 0.3) is 10.8 Å². The Morgan fingerprint density at radius 1 is 1.04 bits per heavy atom. The molecule has 0 radical (unpaired) electrons. The number of benzene rings is 2. The molecule has 0 heterocycles. The molecule has 3 N–H and O–H groups in total. The fourth-order valence-electron chi connectivity index (χ4n) is 2.36. The molecule has 0 aliphatic carbocycles. The number of nitrogens with one attached hydrogen (secondary N) is 3. The number of carbonyl (C=O) groups excluding carboxylic acids is 2. The van der Waals surface area contributed by atoms with Gasteiger partial charge < -0.3 is 20.7 Å². The number of hydrogen-bond acceptors (Lipinski definition) is 3. The van der Waals surface area contributed by atoms with Crippen LogP contribution in [-0.4, -0.2) is 37.7 Å². The summed E-state index contributed by atoms with van der Waals surface area (Å²) in [5.74, 6) is 0.594.